The molecule has 172 valence electrons. The Morgan fingerprint density at radius 2 is 1.67 bits per heavy atom. The molecule has 0 unspecified atom stereocenters. The first-order valence-electron chi connectivity index (χ1n) is 11.0. The largest absolute Gasteiger partial charge is 0.465 e. The van der Waals surface area contributed by atoms with E-state index in [0.717, 1.165) is 29.7 Å². The van der Waals surface area contributed by atoms with Crippen LogP contribution in [0.4, 0.5) is 0 Å². The number of rotatable bonds is 8. The zero-order valence-electron chi connectivity index (χ0n) is 18.6. The van der Waals surface area contributed by atoms with E-state index in [1.54, 1.807) is 12.1 Å². The summed E-state index contributed by atoms with van der Waals surface area (Å²) in [5.74, 6) is -0.352. The number of hydrogen-bond donors (Lipinski definition) is 1. The van der Waals surface area contributed by atoms with E-state index in [1.165, 1.54) is 7.11 Å². The van der Waals surface area contributed by atoms with Crippen molar-refractivity contribution < 1.29 is 19.0 Å². The third kappa shape index (κ3) is 5.63. The molecule has 1 aliphatic rings. The van der Waals surface area contributed by atoms with Crippen molar-refractivity contribution in [3.8, 4) is 0 Å². The molecular weight excluding hydrogens is 438 g/mol. The Bertz CT molecular complexity index is 1040. The monoisotopic (exact) mass is 465 g/mol. The summed E-state index contributed by atoms with van der Waals surface area (Å²) in [7, 11) is 1.38. The van der Waals surface area contributed by atoms with Crippen LogP contribution in [0.3, 0.4) is 0 Å². The average molecular weight is 466 g/mol. The molecule has 1 aliphatic heterocycles. The van der Waals surface area contributed by atoms with Crippen molar-refractivity contribution >= 4 is 17.6 Å². The number of carbonyl (C=O) groups excluding carboxylic acids is 1. The van der Waals surface area contributed by atoms with Gasteiger partial charge in [0.15, 0.2) is 0 Å². The van der Waals surface area contributed by atoms with Crippen LogP contribution in [0.1, 0.15) is 33.5 Å². The van der Waals surface area contributed by atoms with Crippen molar-refractivity contribution in [1.82, 2.24) is 5.32 Å². The van der Waals surface area contributed by atoms with Gasteiger partial charge in [0.1, 0.15) is 11.7 Å². The Morgan fingerprint density at radius 3 is 2.36 bits per heavy atom. The van der Waals surface area contributed by atoms with Crippen LogP contribution in [0.5, 0.6) is 0 Å². The molecule has 5 nitrogen and oxygen atoms in total. The fourth-order valence-corrected chi connectivity index (χ4v) is 4.30. The molecule has 1 heterocycles. The van der Waals surface area contributed by atoms with E-state index in [2.05, 4.69) is 17.4 Å². The maximum Gasteiger partial charge on any atom is 0.337 e. The molecule has 1 fully saturated rings. The highest BCUT2D eigenvalue weighted by Gasteiger charge is 2.44. The molecule has 0 aromatic heterocycles. The van der Waals surface area contributed by atoms with Crippen LogP contribution < -0.4 is 5.32 Å². The first-order chi connectivity index (χ1) is 16.1. The topological polar surface area (TPSA) is 56.8 Å². The van der Waals surface area contributed by atoms with Crippen LogP contribution >= 0.6 is 11.6 Å². The molecule has 0 saturated carbocycles. The molecule has 0 spiro atoms. The van der Waals surface area contributed by atoms with Crippen LogP contribution in [-0.4, -0.2) is 32.3 Å². The second-order valence-electron chi connectivity index (χ2n) is 8.11. The van der Waals surface area contributed by atoms with Crippen LogP contribution in [0.25, 0.3) is 0 Å². The van der Waals surface area contributed by atoms with Gasteiger partial charge >= 0.3 is 5.97 Å². The summed E-state index contributed by atoms with van der Waals surface area (Å²) in [6.07, 6.45) is 0.560. The Labute approximate surface area is 199 Å². The molecule has 0 amide bonds. The Morgan fingerprint density at radius 1 is 0.970 bits per heavy atom. The summed E-state index contributed by atoms with van der Waals surface area (Å²) in [5, 5.41) is 4.13. The maximum atomic E-state index is 11.7. The molecule has 33 heavy (non-hydrogen) atoms. The third-order valence-electron chi connectivity index (χ3n) is 6.02. The minimum Gasteiger partial charge on any atom is -0.465 e. The zero-order chi connectivity index (χ0) is 23.1. The van der Waals surface area contributed by atoms with E-state index in [4.69, 9.17) is 25.8 Å². The maximum absolute atomic E-state index is 11.7. The predicted octanol–water partition coefficient (Wildman–Crippen LogP) is 5.12. The van der Waals surface area contributed by atoms with Gasteiger partial charge in [-0.2, -0.15) is 0 Å². The number of halogens is 1. The molecule has 1 saturated heterocycles. The Kier molecular flexibility index (Phi) is 7.78. The molecule has 2 atom stereocenters. The number of nitrogens with one attached hydrogen (secondary N) is 1. The second-order valence-corrected chi connectivity index (χ2v) is 8.55. The van der Waals surface area contributed by atoms with Crippen molar-refractivity contribution in [1.29, 1.82) is 0 Å². The summed E-state index contributed by atoms with van der Waals surface area (Å²) in [6, 6.07) is 25.3. The Balaban J connectivity index is 1.56. The summed E-state index contributed by atoms with van der Waals surface area (Å²) in [4.78, 5) is 11.7. The van der Waals surface area contributed by atoms with Crippen LogP contribution in [0.15, 0.2) is 78.9 Å². The van der Waals surface area contributed by atoms with Crippen molar-refractivity contribution in [2.45, 2.75) is 31.3 Å². The highest BCUT2D eigenvalue weighted by Crippen LogP contribution is 2.38. The van der Waals surface area contributed by atoms with E-state index < -0.39 is 5.60 Å². The van der Waals surface area contributed by atoms with Gasteiger partial charge in [0, 0.05) is 11.6 Å². The average Bonchev–Trinajstić information content (AvgIpc) is 2.87. The van der Waals surface area contributed by atoms with Gasteiger partial charge in [0.2, 0.25) is 0 Å². The molecule has 1 N–H and O–H groups in total. The number of carbonyl (C=O) groups is 1. The second kappa shape index (κ2) is 10.9. The van der Waals surface area contributed by atoms with Crippen LogP contribution in [0.2, 0.25) is 5.02 Å². The fraction of sp³-hybridized carbons (Fsp3) is 0.296. The van der Waals surface area contributed by atoms with Gasteiger partial charge in [0.25, 0.3) is 0 Å². The van der Waals surface area contributed by atoms with E-state index in [1.807, 2.05) is 54.6 Å². The molecule has 0 aliphatic carbocycles. The molecule has 0 bridgehead atoms. The SMILES string of the molecule is COC(=O)c1ccc(CO[C@H]2CNCC[C@@]2(OCc2ccccc2)c2ccc(Cl)cc2)cc1. The number of piperidine rings is 1. The number of methoxy groups -OCH3 is 1. The molecular formula is C27H28ClNO4. The van der Waals surface area contributed by atoms with E-state index in [0.29, 0.717) is 30.3 Å². The normalized spacial score (nSPS) is 20.4. The lowest BCUT2D eigenvalue weighted by Gasteiger charge is -2.44. The lowest BCUT2D eigenvalue weighted by atomic mass is 9.82. The highest BCUT2D eigenvalue weighted by atomic mass is 35.5. The molecule has 3 aromatic rings. The minimum absolute atomic E-state index is 0.212. The summed E-state index contributed by atoms with van der Waals surface area (Å²) in [6.45, 7) is 2.37. The van der Waals surface area contributed by atoms with Gasteiger partial charge in [-0.3, -0.25) is 0 Å². The Hall–Kier alpha value is -2.70. The first kappa shape index (κ1) is 23.5. The van der Waals surface area contributed by atoms with Crippen molar-refractivity contribution in [3.05, 3.63) is 106 Å². The first-order valence-corrected chi connectivity index (χ1v) is 11.4. The minimum atomic E-state index is -0.613. The zero-order valence-corrected chi connectivity index (χ0v) is 19.4. The number of benzene rings is 3. The predicted molar refractivity (Wildman–Crippen MR) is 128 cm³/mol. The summed E-state index contributed by atoms with van der Waals surface area (Å²) in [5.41, 5.74) is 3.04. The third-order valence-corrected chi connectivity index (χ3v) is 6.27. The molecule has 6 heteroatoms. The van der Waals surface area contributed by atoms with Crippen molar-refractivity contribution in [3.63, 3.8) is 0 Å². The molecule has 4 rings (SSSR count). The van der Waals surface area contributed by atoms with Gasteiger partial charge in [0.05, 0.1) is 25.9 Å². The van der Waals surface area contributed by atoms with Gasteiger partial charge in [-0.05, 0) is 53.9 Å². The van der Waals surface area contributed by atoms with Gasteiger partial charge in [-0.15, -0.1) is 0 Å². The van der Waals surface area contributed by atoms with Gasteiger partial charge in [-0.1, -0.05) is 66.2 Å². The summed E-state index contributed by atoms with van der Waals surface area (Å²) >= 11 is 6.17. The number of hydrogen-bond acceptors (Lipinski definition) is 5. The standard InChI is InChI=1S/C27H28ClNO4/c1-31-26(30)22-9-7-21(8-10-22)18-32-25-17-29-16-15-27(25,23-11-13-24(28)14-12-23)33-19-20-5-3-2-4-6-20/h2-14,25,29H,15-19H2,1H3/t25-,27+/m0/s1. The van der Waals surface area contributed by atoms with Gasteiger partial charge < -0.3 is 19.5 Å². The van der Waals surface area contributed by atoms with Crippen molar-refractivity contribution in [2.24, 2.45) is 0 Å². The summed E-state index contributed by atoms with van der Waals surface area (Å²) < 4.78 is 17.9. The van der Waals surface area contributed by atoms with E-state index in [9.17, 15) is 4.79 Å². The van der Waals surface area contributed by atoms with Gasteiger partial charge in [-0.25, -0.2) is 4.79 Å². The number of esters is 1. The lowest BCUT2D eigenvalue weighted by molar-refractivity contribution is -0.176. The number of ether oxygens (including phenoxy) is 3. The molecule has 3 aromatic carbocycles. The smallest absolute Gasteiger partial charge is 0.337 e. The van der Waals surface area contributed by atoms with Crippen molar-refractivity contribution in [2.75, 3.05) is 20.2 Å². The van der Waals surface area contributed by atoms with Crippen LogP contribution in [-0.2, 0) is 33.0 Å². The quantitative estimate of drug-likeness (QED) is 0.468. The van der Waals surface area contributed by atoms with E-state index in [-0.39, 0.29) is 12.1 Å². The highest BCUT2D eigenvalue weighted by molar-refractivity contribution is 6.30. The fourth-order valence-electron chi connectivity index (χ4n) is 4.18. The molecule has 0 radical (unpaired) electrons. The van der Waals surface area contributed by atoms with Crippen LogP contribution in [0, 0.1) is 0 Å². The van der Waals surface area contributed by atoms with E-state index >= 15 is 0 Å². The lowest BCUT2D eigenvalue weighted by Crippen LogP contribution is -2.54.